The Bertz CT molecular complexity index is 1050. The van der Waals surface area contributed by atoms with Crippen molar-refractivity contribution in [3.05, 3.63) is 83.1 Å². The summed E-state index contributed by atoms with van der Waals surface area (Å²) in [4.78, 5) is 26.5. The Hall–Kier alpha value is -2.72. The molecule has 2 aromatic carbocycles. The van der Waals surface area contributed by atoms with Crippen molar-refractivity contribution in [2.75, 3.05) is 0 Å². The van der Waals surface area contributed by atoms with E-state index in [1.54, 1.807) is 0 Å². The van der Waals surface area contributed by atoms with Gasteiger partial charge in [0, 0.05) is 37.7 Å². The van der Waals surface area contributed by atoms with Crippen LogP contribution in [0.25, 0.3) is 0 Å². The number of rotatable bonds is 2. The zero-order valence-electron chi connectivity index (χ0n) is 17.6. The van der Waals surface area contributed by atoms with Crippen molar-refractivity contribution >= 4 is 11.6 Å². The Morgan fingerprint density at radius 3 is 2.13 bits per heavy atom. The minimum absolute atomic E-state index is 0.138. The lowest BCUT2D eigenvalue weighted by molar-refractivity contribution is -0.277. The molecule has 0 bridgehead atoms. The molecule has 2 fully saturated rings. The van der Waals surface area contributed by atoms with Crippen molar-refractivity contribution in [2.24, 2.45) is 5.41 Å². The Balaban J connectivity index is 1.58. The standard InChI is InChI=1S/C27H26O4/c28-22-13-7-14-23-21(22)17-25-18-26(19-9-3-1-4-10-19,20-11-5-2-6-12-20)31-27(25,30-23)16-8-15-24(25)29/h1-6,9-12H,7-8,13-18H2/t25-,27+/m1/s1. The van der Waals surface area contributed by atoms with Gasteiger partial charge >= 0.3 is 0 Å². The second kappa shape index (κ2) is 6.64. The van der Waals surface area contributed by atoms with Crippen LogP contribution in [0, 0.1) is 5.41 Å². The molecule has 31 heavy (non-hydrogen) atoms. The topological polar surface area (TPSA) is 52.6 Å². The maximum atomic E-state index is 13.7. The van der Waals surface area contributed by atoms with E-state index in [0.717, 1.165) is 41.7 Å². The van der Waals surface area contributed by atoms with Gasteiger partial charge in [0.05, 0.1) is 0 Å². The van der Waals surface area contributed by atoms with Crippen molar-refractivity contribution in [3.8, 4) is 0 Å². The smallest absolute Gasteiger partial charge is 0.224 e. The van der Waals surface area contributed by atoms with Crippen molar-refractivity contribution in [1.82, 2.24) is 0 Å². The van der Waals surface area contributed by atoms with Gasteiger partial charge in [0.25, 0.3) is 0 Å². The van der Waals surface area contributed by atoms with Crippen LogP contribution in [-0.4, -0.2) is 17.4 Å². The first kappa shape index (κ1) is 19.0. The first-order valence-electron chi connectivity index (χ1n) is 11.4. The third-order valence-corrected chi connectivity index (χ3v) is 7.79. The largest absolute Gasteiger partial charge is 0.465 e. The number of hydrogen-bond donors (Lipinski definition) is 0. The summed E-state index contributed by atoms with van der Waals surface area (Å²) in [5.41, 5.74) is 1.16. The van der Waals surface area contributed by atoms with E-state index in [9.17, 15) is 9.59 Å². The molecule has 2 aliphatic heterocycles. The zero-order valence-corrected chi connectivity index (χ0v) is 17.6. The quantitative estimate of drug-likeness (QED) is 0.677. The summed E-state index contributed by atoms with van der Waals surface area (Å²) in [5.74, 6) is 0.0696. The molecule has 2 atom stereocenters. The van der Waals surface area contributed by atoms with Crippen LogP contribution in [0.4, 0.5) is 0 Å². The molecule has 4 nitrogen and oxygen atoms in total. The molecule has 0 unspecified atom stereocenters. The fraction of sp³-hybridized carbons (Fsp3) is 0.407. The summed E-state index contributed by atoms with van der Waals surface area (Å²) in [6.45, 7) is 0. The number of ketones is 2. The zero-order chi connectivity index (χ0) is 21.1. The van der Waals surface area contributed by atoms with E-state index < -0.39 is 16.8 Å². The summed E-state index contributed by atoms with van der Waals surface area (Å²) >= 11 is 0. The van der Waals surface area contributed by atoms with Crippen molar-refractivity contribution in [3.63, 3.8) is 0 Å². The van der Waals surface area contributed by atoms with Gasteiger partial charge in [-0.2, -0.15) is 0 Å². The second-order valence-electron chi connectivity index (χ2n) is 9.41. The predicted octanol–water partition coefficient (Wildman–Crippen LogP) is 5.21. The minimum Gasteiger partial charge on any atom is -0.465 e. The lowest BCUT2D eigenvalue weighted by atomic mass is 9.59. The molecule has 0 amide bonds. The monoisotopic (exact) mass is 414 g/mol. The molecule has 158 valence electrons. The highest BCUT2D eigenvalue weighted by molar-refractivity contribution is 5.99. The first-order chi connectivity index (χ1) is 15.1. The molecule has 2 aliphatic carbocycles. The van der Waals surface area contributed by atoms with Gasteiger partial charge < -0.3 is 9.47 Å². The summed E-state index contributed by atoms with van der Waals surface area (Å²) in [6, 6.07) is 20.3. The van der Waals surface area contributed by atoms with Crippen molar-refractivity contribution in [2.45, 2.75) is 62.8 Å². The fourth-order valence-corrected chi connectivity index (χ4v) is 6.34. The van der Waals surface area contributed by atoms with Crippen LogP contribution in [0.15, 0.2) is 72.0 Å². The highest BCUT2D eigenvalue weighted by Crippen LogP contribution is 2.67. The maximum Gasteiger partial charge on any atom is 0.224 e. The van der Waals surface area contributed by atoms with E-state index in [4.69, 9.17) is 9.47 Å². The number of carbonyl (C=O) groups excluding carboxylic acids is 2. The van der Waals surface area contributed by atoms with Gasteiger partial charge in [0.1, 0.15) is 22.6 Å². The Labute approximate surface area is 182 Å². The van der Waals surface area contributed by atoms with Crippen LogP contribution >= 0.6 is 0 Å². The van der Waals surface area contributed by atoms with Gasteiger partial charge in [-0.1, -0.05) is 60.7 Å². The molecule has 2 heterocycles. The molecule has 1 saturated carbocycles. The lowest BCUT2D eigenvalue weighted by Crippen LogP contribution is -2.57. The predicted molar refractivity (Wildman–Crippen MR) is 115 cm³/mol. The molecule has 4 heteroatoms. The van der Waals surface area contributed by atoms with Crippen molar-refractivity contribution in [1.29, 1.82) is 0 Å². The first-order valence-corrected chi connectivity index (χ1v) is 11.4. The maximum absolute atomic E-state index is 13.7. The van der Waals surface area contributed by atoms with Gasteiger partial charge in [-0.25, -0.2) is 0 Å². The summed E-state index contributed by atoms with van der Waals surface area (Å²) in [7, 11) is 0. The number of allylic oxidation sites excluding steroid dienone is 2. The van der Waals surface area contributed by atoms with Gasteiger partial charge in [0.2, 0.25) is 5.79 Å². The molecule has 1 saturated heterocycles. The highest BCUT2D eigenvalue weighted by atomic mass is 16.7. The molecular formula is C27H26O4. The summed E-state index contributed by atoms with van der Waals surface area (Å²) < 4.78 is 13.7. The summed E-state index contributed by atoms with van der Waals surface area (Å²) in [5, 5.41) is 0. The highest BCUT2D eigenvalue weighted by Gasteiger charge is 2.73. The molecule has 2 aromatic rings. The van der Waals surface area contributed by atoms with Gasteiger partial charge in [-0.15, -0.1) is 0 Å². The lowest BCUT2D eigenvalue weighted by Gasteiger charge is -2.50. The normalized spacial score (nSPS) is 31.5. The Morgan fingerprint density at radius 2 is 1.45 bits per heavy atom. The van der Waals surface area contributed by atoms with E-state index >= 15 is 0 Å². The van der Waals surface area contributed by atoms with Crippen LogP contribution in [0.1, 0.15) is 62.5 Å². The molecule has 4 aliphatic rings. The Kier molecular flexibility index (Phi) is 4.07. The van der Waals surface area contributed by atoms with E-state index in [1.807, 2.05) is 36.4 Å². The molecule has 0 spiro atoms. The minimum atomic E-state index is -1.01. The van der Waals surface area contributed by atoms with Gasteiger partial charge in [-0.3, -0.25) is 9.59 Å². The fourth-order valence-electron chi connectivity index (χ4n) is 6.34. The average Bonchev–Trinajstić information content (AvgIpc) is 3.13. The van der Waals surface area contributed by atoms with Crippen molar-refractivity contribution < 1.29 is 19.1 Å². The molecule has 0 N–H and O–H groups in total. The number of carbonyl (C=O) groups is 2. The summed E-state index contributed by atoms with van der Waals surface area (Å²) in [6.07, 6.45) is 4.98. The van der Waals surface area contributed by atoms with Gasteiger partial charge in [-0.05, 0) is 30.4 Å². The molecular weight excluding hydrogens is 388 g/mol. The third kappa shape index (κ3) is 2.51. The third-order valence-electron chi connectivity index (χ3n) is 7.79. The van der Waals surface area contributed by atoms with E-state index in [2.05, 4.69) is 24.3 Å². The number of ether oxygens (including phenoxy) is 2. The molecule has 0 radical (unpaired) electrons. The second-order valence-corrected chi connectivity index (χ2v) is 9.41. The average molecular weight is 415 g/mol. The SMILES string of the molecule is O=C1CCCC2=C1C[C@]13CC(c4ccccc4)(c4ccccc4)O[C@]1(CCCC3=O)O2. The van der Waals surface area contributed by atoms with E-state index in [0.29, 0.717) is 32.1 Å². The Morgan fingerprint density at radius 1 is 0.774 bits per heavy atom. The van der Waals surface area contributed by atoms with Crippen LogP contribution in [0.2, 0.25) is 0 Å². The number of Topliss-reactive ketones (excluding diaryl/α,β-unsaturated/α-hetero) is 2. The van der Waals surface area contributed by atoms with E-state index in [-0.39, 0.29) is 11.6 Å². The van der Waals surface area contributed by atoms with Crippen LogP contribution in [-0.2, 0) is 24.7 Å². The van der Waals surface area contributed by atoms with Crippen LogP contribution in [0.5, 0.6) is 0 Å². The molecule has 0 aromatic heterocycles. The number of benzene rings is 2. The van der Waals surface area contributed by atoms with Gasteiger partial charge in [0.15, 0.2) is 5.78 Å². The van der Waals surface area contributed by atoms with Crippen LogP contribution < -0.4 is 0 Å². The van der Waals surface area contributed by atoms with E-state index in [1.165, 1.54) is 0 Å². The van der Waals surface area contributed by atoms with Crippen LogP contribution in [0.3, 0.4) is 0 Å². The molecule has 6 rings (SSSR count). The number of hydrogen-bond acceptors (Lipinski definition) is 4.